The average molecular weight is 430 g/mol. The van der Waals surface area contributed by atoms with Crippen molar-refractivity contribution >= 4 is 11.8 Å². The molecule has 2 aromatic carbocycles. The minimum absolute atomic E-state index is 0.00891. The van der Waals surface area contributed by atoms with Gasteiger partial charge in [-0.15, -0.1) is 0 Å². The third-order valence-electron chi connectivity index (χ3n) is 5.32. The van der Waals surface area contributed by atoms with Crippen molar-refractivity contribution in [2.75, 3.05) is 27.3 Å². The maximum Gasteiger partial charge on any atom is 0.251 e. The Bertz CT molecular complexity index is 945. The number of nitrogens with one attached hydrogen (secondary N) is 1. The van der Waals surface area contributed by atoms with Crippen molar-refractivity contribution in [3.05, 3.63) is 41.5 Å². The van der Waals surface area contributed by atoms with Crippen LogP contribution in [0.2, 0.25) is 0 Å². The monoisotopic (exact) mass is 430 g/mol. The third kappa shape index (κ3) is 5.11. The summed E-state index contributed by atoms with van der Waals surface area (Å²) in [5, 5.41) is 31.4. The number of benzene rings is 2. The van der Waals surface area contributed by atoms with Crippen molar-refractivity contribution in [2.24, 2.45) is 0 Å². The third-order valence-corrected chi connectivity index (χ3v) is 5.32. The zero-order chi connectivity index (χ0) is 22.5. The summed E-state index contributed by atoms with van der Waals surface area (Å²) in [5.74, 6) is -1.11. The lowest BCUT2D eigenvalue weighted by Gasteiger charge is -2.32. The van der Waals surface area contributed by atoms with Crippen molar-refractivity contribution in [2.45, 2.75) is 25.3 Å². The number of amides is 2. The number of carbonyl (C=O) groups excluding carboxylic acids is 2. The van der Waals surface area contributed by atoms with Crippen LogP contribution in [0.5, 0.6) is 28.7 Å². The fraction of sp³-hybridized carbons (Fsp3) is 0.364. The van der Waals surface area contributed by atoms with Gasteiger partial charge in [-0.2, -0.15) is 0 Å². The molecule has 1 fully saturated rings. The highest BCUT2D eigenvalue weighted by molar-refractivity contribution is 5.95. The van der Waals surface area contributed by atoms with E-state index >= 15 is 0 Å². The first-order chi connectivity index (χ1) is 14.8. The van der Waals surface area contributed by atoms with Gasteiger partial charge in [0.2, 0.25) is 5.91 Å². The Balaban J connectivity index is 1.53. The summed E-state index contributed by atoms with van der Waals surface area (Å²) in [6, 6.07) is 7.41. The van der Waals surface area contributed by atoms with E-state index in [1.54, 1.807) is 31.3 Å². The standard InChI is InChI=1S/C22H26N2O7/c1-30-18-4-3-13(9-19(18)31-2)10-20(27)24-7-5-15(6-8-24)23-22(29)14-11-16(25)21(28)17(26)12-14/h3-4,9,11-12,15,25-26,28H,5-8,10H2,1-2H3,(H,23,29). The number of rotatable bonds is 6. The first-order valence-electron chi connectivity index (χ1n) is 9.86. The first-order valence-corrected chi connectivity index (χ1v) is 9.86. The highest BCUT2D eigenvalue weighted by atomic mass is 16.5. The van der Waals surface area contributed by atoms with Crippen LogP contribution in [0.25, 0.3) is 0 Å². The van der Waals surface area contributed by atoms with Crippen LogP contribution in [0.15, 0.2) is 30.3 Å². The maximum atomic E-state index is 12.7. The van der Waals surface area contributed by atoms with Gasteiger partial charge in [0, 0.05) is 24.7 Å². The number of phenols is 3. The smallest absolute Gasteiger partial charge is 0.251 e. The van der Waals surface area contributed by atoms with E-state index in [1.165, 1.54) is 0 Å². The van der Waals surface area contributed by atoms with Crippen molar-refractivity contribution < 1.29 is 34.4 Å². The SMILES string of the molecule is COc1ccc(CC(=O)N2CCC(NC(=O)c3cc(O)c(O)c(O)c3)CC2)cc1OC. The van der Waals surface area contributed by atoms with Crippen LogP contribution in [-0.2, 0) is 11.2 Å². The molecule has 0 atom stereocenters. The lowest BCUT2D eigenvalue weighted by molar-refractivity contribution is -0.131. The van der Waals surface area contributed by atoms with Gasteiger partial charge in [-0.05, 0) is 42.7 Å². The van der Waals surface area contributed by atoms with Gasteiger partial charge in [-0.1, -0.05) is 6.07 Å². The van der Waals surface area contributed by atoms with Crippen LogP contribution in [0, 0.1) is 0 Å². The highest BCUT2D eigenvalue weighted by Gasteiger charge is 2.25. The number of phenolic OH excluding ortho intramolecular Hbond substituents is 3. The average Bonchev–Trinajstić information content (AvgIpc) is 2.77. The summed E-state index contributed by atoms with van der Waals surface area (Å²) in [7, 11) is 3.10. The second-order valence-electron chi connectivity index (χ2n) is 7.36. The maximum absolute atomic E-state index is 12.7. The number of ether oxygens (including phenoxy) is 2. The van der Waals surface area contributed by atoms with Gasteiger partial charge in [0.05, 0.1) is 20.6 Å². The molecule has 0 aromatic heterocycles. The van der Waals surface area contributed by atoms with Crippen molar-refractivity contribution in [1.29, 1.82) is 0 Å². The number of hydrogen-bond donors (Lipinski definition) is 4. The number of piperidine rings is 1. The lowest BCUT2D eigenvalue weighted by Crippen LogP contribution is -2.47. The molecular weight excluding hydrogens is 404 g/mol. The predicted molar refractivity (Wildman–Crippen MR) is 112 cm³/mol. The molecule has 1 aliphatic rings. The minimum Gasteiger partial charge on any atom is -0.504 e. The van der Waals surface area contributed by atoms with Crippen LogP contribution in [-0.4, -0.2) is 65.4 Å². The number of hydrogen-bond acceptors (Lipinski definition) is 7. The molecule has 2 aromatic rings. The van der Waals surface area contributed by atoms with Crippen LogP contribution in [0.3, 0.4) is 0 Å². The molecule has 2 amide bonds. The Hall–Kier alpha value is -3.62. The van der Waals surface area contributed by atoms with Crippen molar-refractivity contribution in [3.8, 4) is 28.7 Å². The van der Waals surface area contributed by atoms with Crippen LogP contribution in [0.4, 0.5) is 0 Å². The van der Waals surface area contributed by atoms with Gasteiger partial charge in [0.25, 0.3) is 5.91 Å². The number of nitrogens with zero attached hydrogens (tertiary/aromatic N) is 1. The number of aromatic hydroxyl groups is 3. The number of carbonyl (C=O) groups is 2. The molecule has 3 rings (SSSR count). The molecular formula is C22H26N2O7. The summed E-state index contributed by atoms with van der Waals surface area (Å²) in [4.78, 5) is 26.8. The molecule has 1 heterocycles. The van der Waals surface area contributed by atoms with E-state index in [0.717, 1.165) is 17.7 Å². The molecule has 0 saturated carbocycles. The van der Waals surface area contributed by atoms with E-state index in [1.807, 2.05) is 6.07 Å². The zero-order valence-electron chi connectivity index (χ0n) is 17.4. The minimum atomic E-state index is -0.669. The number of methoxy groups -OCH3 is 2. The molecule has 9 heteroatoms. The molecule has 1 saturated heterocycles. The summed E-state index contributed by atoms with van der Waals surface area (Å²) >= 11 is 0. The van der Waals surface area contributed by atoms with Gasteiger partial charge < -0.3 is 35.0 Å². The Kier molecular flexibility index (Phi) is 6.74. The lowest BCUT2D eigenvalue weighted by atomic mass is 10.0. The topological polar surface area (TPSA) is 129 Å². The van der Waals surface area contributed by atoms with Crippen molar-refractivity contribution in [1.82, 2.24) is 10.2 Å². The molecule has 9 nitrogen and oxygen atoms in total. The van der Waals surface area contributed by atoms with Crippen molar-refractivity contribution in [3.63, 3.8) is 0 Å². The fourth-order valence-corrected chi connectivity index (χ4v) is 3.55. The normalized spacial score (nSPS) is 14.2. The summed E-state index contributed by atoms with van der Waals surface area (Å²) < 4.78 is 10.5. The van der Waals surface area contributed by atoms with E-state index in [4.69, 9.17) is 9.47 Å². The molecule has 4 N–H and O–H groups in total. The van der Waals surface area contributed by atoms with E-state index in [2.05, 4.69) is 5.32 Å². The molecule has 31 heavy (non-hydrogen) atoms. The van der Waals surface area contributed by atoms with E-state index in [0.29, 0.717) is 37.4 Å². The largest absolute Gasteiger partial charge is 0.504 e. The Morgan fingerprint density at radius 1 is 1.00 bits per heavy atom. The Morgan fingerprint density at radius 2 is 1.61 bits per heavy atom. The second kappa shape index (κ2) is 9.46. The molecule has 1 aliphatic heterocycles. The second-order valence-corrected chi connectivity index (χ2v) is 7.36. The molecule has 166 valence electrons. The van der Waals surface area contributed by atoms with E-state index in [-0.39, 0.29) is 23.9 Å². The van der Waals surface area contributed by atoms with Crippen LogP contribution < -0.4 is 14.8 Å². The fourth-order valence-electron chi connectivity index (χ4n) is 3.55. The van der Waals surface area contributed by atoms with Crippen LogP contribution >= 0.6 is 0 Å². The quantitative estimate of drug-likeness (QED) is 0.514. The highest BCUT2D eigenvalue weighted by Crippen LogP contribution is 2.35. The van der Waals surface area contributed by atoms with Gasteiger partial charge in [-0.25, -0.2) is 0 Å². The summed E-state index contributed by atoms with van der Waals surface area (Å²) in [5.41, 5.74) is 0.866. The van der Waals surface area contributed by atoms with E-state index in [9.17, 15) is 24.9 Å². The Morgan fingerprint density at radius 3 is 2.19 bits per heavy atom. The van der Waals surface area contributed by atoms with Gasteiger partial charge >= 0.3 is 0 Å². The van der Waals surface area contributed by atoms with Crippen LogP contribution in [0.1, 0.15) is 28.8 Å². The van der Waals surface area contributed by atoms with Gasteiger partial charge in [-0.3, -0.25) is 9.59 Å². The van der Waals surface area contributed by atoms with Gasteiger partial charge in [0.15, 0.2) is 28.7 Å². The number of likely N-dealkylation sites (tertiary alicyclic amines) is 1. The zero-order valence-corrected chi connectivity index (χ0v) is 17.4. The predicted octanol–water partition coefficient (Wildman–Crippen LogP) is 1.78. The molecule has 0 aliphatic carbocycles. The van der Waals surface area contributed by atoms with Gasteiger partial charge in [0.1, 0.15) is 0 Å². The molecule has 0 unspecified atom stereocenters. The summed E-state index contributed by atoms with van der Waals surface area (Å²) in [6.45, 7) is 1.01. The molecule has 0 radical (unpaired) electrons. The molecule has 0 spiro atoms. The summed E-state index contributed by atoms with van der Waals surface area (Å²) in [6.07, 6.45) is 1.41. The first kappa shape index (κ1) is 22.1. The Labute approximate surface area is 179 Å². The van der Waals surface area contributed by atoms with E-state index < -0.39 is 23.2 Å². The molecule has 0 bridgehead atoms.